The van der Waals surface area contributed by atoms with E-state index >= 15 is 0 Å². The summed E-state index contributed by atoms with van der Waals surface area (Å²) in [6.45, 7) is 9.19. The summed E-state index contributed by atoms with van der Waals surface area (Å²) in [7, 11) is 0. The van der Waals surface area contributed by atoms with Crippen molar-refractivity contribution in [2.45, 2.75) is 84.0 Å². The molecule has 1 aliphatic heterocycles. The second kappa shape index (κ2) is 11.4. The van der Waals surface area contributed by atoms with Gasteiger partial charge in [0.2, 0.25) is 11.0 Å². The van der Waals surface area contributed by atoms with Crippen LogP contribution in [0.25, 0.3) is 11.3 Å². The molecule has 2 aromatic rings. The number of anilines is 1. The van der Waals surface area contributed by atoms with Crippen molar-refractivity contribution in [3.8, 4) is 17.1 Å². The van der Waals surface area contributed by atoms with E-state index in [0.29, 0.717) is 22.9 Å². The third-order valence-electron chi connectivity index (χ3n) is 6.74. The molecule has 0 fully saturated rings. The van der Waals surface area contributed by atoms with Gasteiger partial charge in [-0.25, -0.2) is 0 Å². The number of nitrogens with zero attached hydrogens (tertiary/aromatic N) is 3. The van der Waals surface area contributed by atoms with E-state index in [2.05, 4.69) is 67.5 Å². The number of benzene rings is 1. The van der Waals surface area contributed by atoms with Crippen LogP contribution in [0.5, 0.6) is 5.88 Å². The van der Waals surface area contributed by atoms with Crippen molar-refractivity contribution >= 4 is 17.4 Å². The van der Waals surface area contributed by atoms with Gasteiger partial charge in [-0.1, -0.05) is 82.1 Å². The summed E-state index contributed by atoms with van der Waals surface area (Å²) in [5.74, 6) is 3.31. The highest BCUT2D eigenvalue weighted by molar-refractivity contribution is 7.99. The van der Waals surface area contributed by atoms with Crippen LogP contribution < -0.4 is 10.1 Å². The lowest BCUT2D eigenvalue weighted by Crippen LogP contribution is -2.39. The van der Waals surface area contributed by atoms with E-state index in [1.165, 1.54) is 19.3 Å². The average Bonchev–Trinajstić information content (AvgIpc) is 2.95. The maximum Gasteiger partial charge on any atom is 0.247 e. The van der Waals surface area contributed by atoms with E-state index in [1.54, 1.807) is 17.3 Å². The number of hydrogen-bond acceptors (Lipinski definition) is 6. The van der Waals surface area contributed by atoms with Gasteiger partial charge in [-0.3, -0.25) is 0 Å². The zero-order valence-electron chi connectivity index (χ0n) is 20.5. The number of para-hydroxylation sites is 1. The first-order valence-corrected chi connectivity index (χ1v) is 13.6. The molecule has 5 nitrogen and oxygen atoms in total. The normalized spacial score (nSPS) is 22.0. The quantitative estimate of drug-likeness (QED) is 0.237. The molecule has 0 radical (unpaired) electrons. The Morgan fingerprint density at radius 1 is 1.18 bits per heavy atom. The number of thioether (sulfide) groups is 1. The van der Waals surface area contributed by atoms with E-state index in [0.717, 1.165) is 54.3 Å². The lowest BCUT2D eigenvalue weighted by molar-refractivity contribution is 0.114. The molecule has 3 unspecified atom stereocenters. The van der Waals surface area contributed by atoms with Crippen LogP contribution in [0, 0.1) is 17.8 Å². The number of ether oxygens (including phenoxy) is 1. The van der Waals surface area contributed by atoms with Crippen LogP contribution in [0.15, 0.2) is 41.1 Å². The molecule has 1 aromatic heterocycles. The molecule has 0 bridgehead atoms. The van der Waals surface area contributed by atoms with E-state index in [9.17, 15) is 0 Å². The molecule has 6 heteroatoms. The maximum atomic E-state index is 6.58. The Morgan fingerprint density at radius 3 is 2.82 bits per heavy atom. The Morgan fingerprint density at radius 2 is 2.03 bits per heavy atom. The summed E-state index contributed by atoms with van der Waals surface area (Å²) < 4.78 is 6.58. The highest BCUT2D eigenvalue weighted by Gasteiger charge is 2.34. The van der Waals surface area contributed by atoms with Gasteiger partial charge >= 0.3 is 0 Å². The minimum absolute atomic E-state index is 0.138. The van der Waals surface area contributed by atoms with Gasteiger partial charge < -0.3 is 10.1 Å². The third kappa shape index (κ3) is 6.08. The van der Waals surface area contributed by atoms with Gasteiger partial charge in [0.25, 0.3) is 0 Å². The Bertz CT molecular complexity index is 961. The Hall–Kier alpha value is -2.08. The van der Waals surface area contributed by atoms with Crippen molar-refractivity contribution in [2.24, 2.45) is 17.8 Å². The Balaban J connectivity index is 1.55. The predicted octanol–water partition coefficient (Wildman–Crippen LogP) is 7.36. The molecular formula is C27H38N4OS. The van der Waals surface area contributed by atoms with Crippen molar-refractivity contribution in [1.82, 2.24) is 15.2 Å². The first kappa shape index (κ1) is 24.1. The average molecular weight is 467 g/mol. The number of allylic oxidation sites excluding steroid dienone is 2. The lowest BCUT2D eigenvalue weighted by atomic mass is 9.78. The van der Waals surface area contributed by atoms with Gasteiger partial charge in [-0.15, -0.1) is 10.2 Å². The van der Waals surface area contributed by atoms with Crippen LogP contribution in [0.2, 0.25) is 0 Å². The van der Waals surface area contributed by atoms with Crippen LogP contribution in [-0.2, 0) is 0 Å². The Labute approximate surface area is 203 Å². The fourth-order valence-corrected chi connectivity index (χ4v) is 5.64. The summed E-state index contributed by atoms with van der Waals surface area (Å²) in [6, 6.07) is 8.27. The zero-order chi connectivity index (χ0) is 23.2. The van der Waals surface area contributed by atoms with Gasteiger partial charge in [0.1, 0.15) is 0 Å². The Kier molecular flexibility index (Phi) is 8.29. The highest BCUT2D eigenvalue weighted by Crippen LogP contribution is 2.41. The number of aromatic nitrogens is 3. The highest BCUT2D eigenvalue weighted by atomic mass is 32.2. The molecule has 178 valence electrons. The molecule has 1 aliphatic carbocycles. The summed E-state index contributed by atoms with van der Waals surface area (Å²) in [6.07, 6.45) is 10.7. The van der Waals surface area contributed by atoms with Gasteiger partial charge in [-0.05, 0) is 50.0 Å². The molecule has 33 heavy (non-hydrogen) atoms. The number of rotatable bonds is 9. The summed E-state index contributed by atoms with van der Waals surface area (Å²) in [5.41, 5.74) is 4.40. The first-order valence-electron chi connectivity index (χ1n) is 12.6. The third-order valence-corrected chi connectivity index (χ3v) is 7.67. The van der Waals surface area contributed by atoms with Crippen molar-refractivity contribution in [1.29, 1.82) is 0 Å². The SMILES string of the molecule is CCCCSc1nnc2c(n1)OC(C1CC=C(CCCC(C)C)CC1C)Nc1ccccc1-2. The molecular weight excluding hydrogens is 428 g/mol. The summed E-state index contributed by atoms with van der Waals surface area (Å²) >= 11 is 1.66. The molecule has 0 saturated carbocycles. The molecule has 0 amide bonds. The zero-order valence-corrected chi connectivity index (χ0v) is 21.3. The topological polar surface area (TPSA) is 59.9 Å². The molecule has 3 atom stereocenters. The largest absolute Gasteiger partial charge is 0.452 e. The number of unbranched alkanes of at least 4 members (excludes halogenated alkanes) is 1. The van der Waals surface area contributed by atoms with Crippen molar-refractivity contribution in [3.63, 3.8) is 0 Å². The summed E-state index contributed by atoms with van der Waals surface area (Å²) in [5, 5.41) is 13.3. The van der Waals surface area contributed by atoms with Crippen molar-refractivity contribution in [2.75, 3.05) is 11.1 Å². The molecule has 4 rings (SSSR count). The van der Waals surface area contributed by atoms with Gasteiger partial charge in [-0.2, -0.15) is 4.98 Å². The van der Waals surface area contributed by atoms with Crippen LogP contribution in [0.3, 0.4) is 0 Å². The second-order valence-corrected chi connectivity index (χ2v) is 11.0. The summed E-state index contributed by atoms with van der Waals surface area (Å²) in [4.78, 5) is 4.80. The number of fused-ring (bicyclic) bond motifs is 3. The van der Waals surface area contributed by atoms with Gasteiger partial charge in [0.05, 0.1) is 0 Å². The van der Waals surface area contributed by atoms with Gasteiger partial charge in [0, 0.05) is 22.9 Å². The van der Waals surface area contributed by atoms with E-state index in [-0.39, 0.29) is 6.23 Å². The van der Waals surface area contributed by atoms with Gasteiger partial charge in [0.15, 0.2) is 11.9 Å². The first-order chi connectivity index (χ1) is 16.0. The second-order valence-electron chi connectivity index (χ2n) is 9.91. The maximum absolute atomic E-state index is 6.58. The molecule has 1 aromatic carbocycles. The van der Waals surface area contributed by atoms with Crippen LogP contribution in [-0.4, -0.2) is 27.2 Å². The minimum Gasteiger partial charge on any atom is -0.452 e. The smallest absolute Gasteiger partial charge is 0.247 e. The minimum atomic E-state index is -0.138. The standard InChI is InChI=1S/C27H38N4OS/c1-5-6-16-33-27-29-26-24(30-31-27)22-12-7-8-13-23(22)28-25(32-26)21-15-14-20(17-19(21)4)11-9-10-18(2)3/h7-8,12-14,18-19,21,25,28H,5-6,9-11,15-17H2,1-4H3. The molecule has 2 heterocycles. The van der Waals surface area contributed by atoms with Crippen LogP contribution in [0.1, 0.15) is 72.6 Å². The van der Waals surface area contributed by atoms with E-state index < -0.39 is 0 Å². The molecule has 2 aliphatic rings. The molecule has 1 N–H and O–H groups in total. The number of hydrogen-bond donors (Lipinski definition) is 1. The fraction of sp³-hybridized carbons (Fsp3) is 0.593. The monoisotopic (exact) mass is 466 g/mol. The number of nitrogens with one attached hydrogen (secondary N) is 1. The fourth-order valence-electron chi connectivity index (χ4n) is 4.78. The molecule has 0 saturated heterocycles. The van der Waals surface area contributed by atoms with Crippen LogP contribution in [0.4, 0.5) is 5.69 Å². The molecule has 0 spiro atoms. The van der Waals surface area contributed by atoms with E-state index in [4.69, 9.17) is 9.72 Å². The predicted molar refractivity (Wildman–Crippen MR) is 138 cm³/mol. The van der Waals surface area contributed by atoms with E-state index in [1.807, 2.05) is 6.07 Å². The van der Waals surface area contributed by atoms with Crippen molar-refractivity contribution < 1.29 is 4.74 Å². The lowest BCUT2D eigenvalue weighted by Gasteiger charge is -2.35. The van der Waals surface area contributed by atoms with Crippen molar-refractivity contribution in [3.05, 3.63) is 35.9 Å². The van der Waals surface area contributed by atoms with Crippen LogP contribution >= 0.6 is 11.8 Å².